The second-order valence-corrected chi connectivity index (χ2v) is 11.2. The van der Waals surface area contributed by atoms with Gasteiger partial charge in [-0.25, -0.2) is 14.7 Å². The Balaban J connectivity index is 1.54. The molecule has 0 aliphatic carbocycles. The largest absolute Gasteiger partial charge is 0.457 e. The van der Waals surface area contributed by atoms with Crippen LogP contribution in [0.5, 0.6) is 5.75 Å². The number of nitrogens with zero attached hydrogens (tertiary/aromatic N) is 3. The maximum absolute atomic E-state index is 13.9. The van der Waals surface area contributed by atoms with E-state index in [1.807, 2.05) is 67.6 Å². The number of anilines is 3. The molecular weight excluding hydrogens is 588 g/mol. The van der Waals surface area contributed by atoms with E-state index in [1.54, 1.807) is 23.0 Å². The van der Waals surface area contributed by atoms with Gasteiger partial charge in [0.25, 0.3) is 0 Å². The molecule has 1 N–H and O–H groups in total. The summed E-state index contributed by atoms with van der Waals surface area (Å²) in [4.78, 5) is 44.4. The van der Waals surface area contributed by atoms with Gasteiger partial charge in [-0.3, -0.25) is 14.2 Å². The van der Waals surface area contributed by atoms with Crippen LogP contribution in [-0.2, 0) is 23.8 Å². The van der Waals surface area contributed by atoms with Gasteiger partial charge in [-0.2, -0.15) is 0 Å². The summed E-state index contributed by atoms with van der Waals surface area (Å²) in [6.07, 6.45) is 1.87. The number of ether oxygens (including phenoxy) is 4. The summed E-state index contributed by atoms with van der Waals surface area (Å²) < 4.78 is 26.1. The van der Waals surface area contributed by atoms with Gasteiger partial charge in [0.1, 0.15) is 5.52 Å². The highest BCUT2D eigenvalue weighted by Crippen LogP contribution is 2.41. The maximum atomic E-state index is 13.9. The van der Waals surface area contributed by atoms with Crippen LogP contribution in [-0.4, -0.2) is 52.9 Å². The average Bonchev–Trinajstić information content (AvgIpc) is 3.61. The minimum Gasteiger partial charge on any atom is -0.457 e. The zero-order valence-electron chi connectivity index (χ0n) is 26.5. The Morgan fingerprint density at radius 2 is 1.65 bits per heavy atom. The Morgan fingerprint density at radius 3 is 2.24 bits per heavy atom. The first-order valence-corrected chi connectivity index (χ1v) is 15.6. The number of hydrogen-bond donors (Lipinski definition) is 1. The van der Waals surface area contributed by atoms with Gasteiger partial charge >= 0.3 is 12.1 Å². The number of unbranched alkanes of at least 4 members (excludes halogenated alkanes) is 1. The lowest BCUT2D eigenvalue weighted by molar-refractivity contribution is -0.154. The zero-order valence-corrected chi connectivity index (χ0v) is 26.5. The minimum absolute atomic E-state index is 0.135. The molecule has 1 fully saturated rings. The monoisotopic (exact) mass is 628 g/mol. The number of aromatic nitrogens is 2. The highest BCUT2D eigenvalue weighted by Gasteiger charge is 2.47. The third-order valence-electron chi connectivity index (χ3n) is 7.80. The molecule has 1 aliphatic rings. The molecule has 46 heavy (non-hydrogen) atoms. The molecule has 4 atom stereocenters. The average molecular weight is 629 g/mol. The zero-order chi connectivity index (χ0) is 32.6. The Hall–Kier alpha value is -4.74. The smallest absolute Gasteiger partial charge is 0.424 e. The molecule has 2 heterocycles. The van der Waals surface area contributed by atoms with Crippen LogP contribution in [0, 0.1) is 5.92 Å². The van der Waals surface area contributed by atoms with Gasteiger partial charge in [0.2, 0.25) is 5.91 Å². The number of fused-ring (bicyclic) bond motifs is 1. The van der Waals surface area contributed by atoms with Crippen molar-refractivity contribution in [2.24, 2.45) is 5.92 Å². The van der Waals surface area contributed by atoms with Crippen molar-refractivity contribution < 1.29 is 33.3 Å². The van der Waals surface area contributed by atoms with Gasteiger partial charge in [-0.15, -0.1) is 0 Å². The van der Waals surface area contributed by atoms with Gasteiger partial charge in [0, 0.05) is 32.2 Å². The molecule has 0 unspecified atom stereocenters. The summed E-state index contributed by atoms with van der Waals surface area (Å²) >= 11 is 0. The summed E-state index contributed by atoms with van der Waals surface area (Å²) in [5.41, 5.74) is 2.50. The number of benzene rings is 3. The topological polar surface area (TPSA) is 121 Å². The third-order valence-corrected chi connectivity index (χ3v) is 7.80. The van der Waals surface area contributed by atoms with Crippen LogP contribution >= 0.6 is 0 Å². The third kappa shape index (κ3) is 7.38. The van der Waals surface area contributed by atoms with Crippen LogP contribution in [0.2, 0.25) is 0 Å². The summed E-state index contributed by atoms with van der Waals surface area (Å²) in [6, 6.07) is 21.6. The predicted molar refractivity (Wildman–Crippen MR) is 174 cm³/mol. The summed E-state index contributed by atoms with van der Waals surface area (Å²) in [5, 5.41) is 2.79. The fourth-order valence-corrected chi connectivity index (χ4v) is 5.72. The molecule has 2 amide bonds. The van der Waals surface area contributed by atoms with Crippen molar-refractivity contribution in [1.29, 1.82) is 0 Å². The molecule has 1 aromatic heterocycles. The van der Waals surface area contributed by atoms with Crippen molar-refractivity contribution in [2.75, 3.05) is 23.4 Å². The first kappa shape index (κ1) is 32.6. The number of amides is 2. The number of hydrogen-bond acceptors (Lipinski definition) is 8. The molecule has 0 bridgehead atoms. The van der Waals surface area contributed by atoms with E-state index >= 15 is 0 Å². The molecule has 0 saturated carbocycles. The molecule has 0 radical (unpaired) electrons. The minimum atomic E-state index is -0.736. The number of esters is 1. The summed E-state index contributed by atoms with van der Waals surface area (Å²) in [6.45, 7) is 7.85. The molecule has 4 aromatic rings. The Labute approximate surface area is 268 Å². The number of carbonyl (C=O) groups is 3. The second kappa shape index (κ2) is 15.0. The van der Waals surface area contributed by atoms with E-state index in [-0.39, 0.29) is 23.7 Å². The van der Waals surface area contributed by atoms with Crippen molar-refractivity contribution in [3.8, 4) is 5.75 Å². The quantitative estimate of drug-likeness (QED) is 0.131. The van der Waals surface area contributed by atoms with Gasteiger partial charge in [0.05, 0.1) is 41.8 Å². The highest BCUT2D eigenvalue weighted by molar-refractivity contribution is 6.00. The standard InChI is InChI=1S/C35H40N4O7/c1-5-7-18-43-21-28-30(6-2)45-34(33(28)44-24(4)41)38-22-36-32-29(38)19-25(37-23(3)40)20-31(32)46-35(42)39(26-14-10-8-11-15-26)27-16-12-9-13-17-27/h8-17,19-20,22,28,30,33-34H,5-7,18,21H2,1-4H3,(H,37,40)/t28-,30-,33-,34-/m1/s1. The fraction of sp³-hybridized carbons (Fsp3) is 0.371. The number of imidazole rings is 1. The number of nitrogens with one attached hydrogen (secondary N) is 1. The SMILES string of the molecule is CCCCOC[C@H]1[C@@H](OC(C)=O)[C@H](n2cnc3c(OC(=O)N(c4ccccc4)c4ccccc4)cc(NC(C)=O)cc32)O[C@@H]1CC. The van der Waals surface area contributed by atoms with Gasteiger partial charge in [-0.1, -0.05) is 56.7 Å². The number of para-hydroxylation sites is 2. The van der Waals surface area contributed by atoms with E-state index in [0.29, 0.717) is 47.7 Å². The van der Waals surface area contributed by atoms with E-state index in [0.717, 1.165) is 12.8 Å². The fourth-order valence-electron chi connectivity index (χ4n) is 5.72. The Bertz CT molecular complexity index is 1600. The van der Waals surface area contributed by atoms with Crippen LogP contribution < -0.4 is 15.0 Å². The number of rotatable bonds is 12. The van der Waals surface area contributed by atoms with Crippen molar-refractivity contribution in [3.05, 3.63) is 79.1 Å². The van der Waals surface area contributed by atoms with Gasteiger partial charge in [0.15, 0.2) is 18.1 Å². The lowest BCUT2D eigenvalue weighted by Crippen LogP contribution is -2.34. The van der Waals surface area contributed by atoms with E-state index in [1.165, 1.54) is 18.7 Å². The van der Waals surface area contributed by atoms with Crippen LogP contribution in [0.15, 0.2) is 79.1 Å². The van der Waals surface area contributed by atoms with Crippen LogP contribution in [0.1, 0.15) is 53.2 Å². The van der Waals surface area contributed by atoms with Gasteiger partial charge < -0.3 is 24.3 Å². The lowest BCUT2D eigenvalue weighted by atomic mass is 9.97. The summed E-state index contributed by atoms with van der Waals surface area (Å²) in [7, 11) is 0. The van der Waals surface area contributed by atoms with E-state index < -0.39 is 24.4 Å². The predicted octanol–water partition coefficient (Wildman–Crippen LogP) is 7.00. The normalized spacial score (nSPS) is 19.1. The van der Waals surface area contributed by atoms with Crippen molar-refractivity contribution in [3.63, 3.8) is 0 Å². The summed E-state index contributed by atoms with van der Waals surface area (Å²) in [5.74, 6) is -0.818. The molecule has 1 saturated heterocycles. The number of carbonyl (C=O) groups excluding carboxylic acids is 3. The molecule has 3 aromatic carbocycles. The van der Waals surface area contributed by atoms with Gasteiger partial charge in [-0.05, 0) is 43.2 Å². The highest BCUT2D eigenvalue weighted by atomic mass is 16.6. The molecule has 0 spiro atoms. The molecule has 242 valence electrons. The van der Waals surface area contributed by atoms with E-state index in [9.17, 15) is 14.4 Å². The second-order valence-electron chi connectivity index (χ2n) is 11.2. The van der Waals surface area contributed by atoms with Crippen LogP contribution in [0.3, 0.4) is 0 Å². The Kier molecular flexibility index (Phi) is 10.7. The first-order chi connectivity index (χ1) is 22.3. The maximum Gasteiger partial charge on any atom is 0.424 e. The van der Waals surface area contributed by atoms with E-state index in [4.69, 9.17) is 18.9 Å². The Morgan fingerprint density at radius 1 is 0.978 bits per heavy atom. The van der Waals surface area contributed by atoms with E-state index in [2.05, 4.69) is 17.2 Å². The van der Waals surface area contributed by atoms with Crippen LogP contribution in [0.25, 0.3) is 11.0 Å². The molecule has 11 heteroatoms. The lowest BCUT2D eigenvalue weighted by Gasteiger charge is -2.24. The molecule has 5 rings (SSSR count). The first-order valence-electron chi connectivity index (χ1n) is 15.6. The van der Waals surface area contributed by atoms with Crippen molar-refractivity contribution in [1.82, 2.24) is 9.55 Å². The van der Waals surface area contributed by atoms with Crippen LogP contribution in [0.4, 0.5) is 21.9 Å². The van der Waals surface area contributed by atoms with Crippen molar-refractivity contribution in [2.45, 2.75) is 65.4 Å². The molecule has 11 nitrogen and oxygen atoms in total. The molecule has 1 aliphatic heterocycles. The van der Waals surface area contributed by atoms with Crippen molar-refractivity contribution >= 4 is 46.1 Å². The molecular formula is C35H40N4O7.